The molecule has 6 heteroatoms. The van der Waals surface area contributed by atoms with Gasteiger partial charge in [0.15, 0.2) is 5.69 Å². The first-order valence-electron chi connectivity index (χ1n) is 6.32. The summed E-state index contributed by atoms with van der Waals surface area (Å²) in [5.41, 5.74) is 1.11. The Kier molecular flexibility index (Phi) is 3.39. The number of carboxylic acid groups (broad SMARTS) is 1. The van der Waals surface area contributed by atoms with Gasteiger partial charge >= 0.3 is 5.97 Å². The molecule has 0 saturated carbocycles. The van der Waals surface area contributed by atoms with Crippen LogP contribution in [-0.2, 0) is 17.9 Å². The molecule has 0 fully saturated rings. The molecule has 0 bridgehead atoms. The SMILES string of the molecule is O=C(O)c1cc2n(n1)CC(COCc1ccccc1)O2. The number of rotatable bonds is 5. The zero-order valence-electron chi connectivity index (χ0n) is 10.7. The molecule has 20 heavy (non-hydrogen) atoms. The van der Waals surface area contributed by atoms with Crippen molar-refractivity contribution in [2.75, 3.05) is 6.61 Å². The standard InChI is InChI=1S/C14H14N2O4/c17-14(18)12-6-13-16(15-12)7-11(20-13)9-19-8-10-4-2-1-3-5-10/h1-6,11H,7-9H2,(H,17,18). The van der Waals surface area contributed by atoms with Crippen molar-refractivity contribution in [3.63, 3.8) is 0 Å². The minimum absolute atomic E-state index is 0.00338. The first-order valence-corrected chi connectivity index (χ1v) is 6.32. The Labute approximate surface area is 115 Å². The zero-order chi connectivity index (χ0) is 13.9. The van der Waals surface area contributed by atoms with Crippen LogP contribution in [0.3, 0.4) is 0 Å². The fourth-order valence-electron chi connectivity index (χ4n) is 2.10. The molecule has 1 aromatic carbocycles. The Morgan fingerprint density at radius 1 is 1.45 bits per heavy atom. The molecule has 1 aliphatic rings. The highest BCUT2D eigenvalue weighted by molar-refractivity contribution is 5.85. The van der Waals surface area contributed by atoms with Gasteiger partial charge in [-0.1, -0.05) is 30.3 Å². The van der Waals surface area contributed by atoms with E-state index in [1.807, 2.05) is 30.3 Å². The van der Waals surface area contributed by atoms with E-state index in [9.17, 15) is 4.79 Å². The van der Waals surface area contributed by atoms with Crippen molar-refractivity contribution in [1.29, 1.82) is 0 Å². The Bertz CT molecular complexity index is 585. The van der Waals surface area contributed by atoms with E-state index in [1.165, 1.54) is 6.07 Å². The molecule has 0 radical (unpaired) electrons. The molecule has 0 spiro atoms. The summed E-state index contributed by atoms with van der Waals surface area (Å²) in [5, 5.41) is 12.8. The lowest BCUT2D eigenvalue weighted by molar-refractivity contribution is 0.0493. The maximum Gasteiger partial charge on any atom is 0.356 e. The summed E-state index contributed by atoms with van der Waals surface area (Å²) in [6.07, 6.45) is -0.121. The molecular weight excluding hydrogens is 260 g/mol. The van der Waals surface area contributed by atoms with Crippen molar-refractivity contribution in [2.24, 2.45) is 0 Å². The van der Waals surface area contributed by atoms with E-state index in [-0.39, 0.29) is 11.8 Å². The van der Waals surface area contributed by atoms with E-state index >= 15 is 0 Å². The summed E-state index contributed by atoms with van der Waals surface area (Å²) < 4.78 is 12.7. The van der Waals surface area contributed by atoms with Gasteiger partial charge in [0.05, 0.1) is 19.8 Å². The molecule has 1 N–H and O–H groups in total. The van der Waals surface area contributed by atoms with Gasteiger partial charge in [0.2, 0.25) is 5.88 Å². The van der Waals surface area contributed by atoms with E-state index in [1.54, 1.807) is 4.68 Å². The molecule has 3 rings (SSSR count). The maximum atomic E-state index is 10.8. The molecule has 104 valence electrons. The molecule has 0 saturated heterocycles. The first-order chi connectivity index (χ1) is 9.72. The average molecular weight is 274 g/mol. The minimum Gasteiger partial charge on any atom is -0.476 e. The molecule has 0 amide bonds. The highest BCUT2D eigenvalue weighted by Crippen LogP contribution is 2.22. The van der Waals surface area contributed by atoms with Crippen LogP contribution in [-0.4, -0.2) is 33.6 Å². The Morgan fingerprint density at radius 3 is 2.95 bits per heavy atom. The number of carbonyl (C=O) groups is 1. The summed E-state index contributed by atoms with van der Waals surface area (Å²) in [6, 6.07) is 11.3. The Balaban J connectivity index is 1.49. The van der Waals surface area contributed by atoms with E-state index in [0.717, 1.165) is 5.56 Å². The van der Waals surface area contributed by atoms with Crippen LogP contribution < -0.4 is 4.74 Å². The van der Waals surface area contributed by atoms with Crippen LogP contribution >= 0.6 is 0 Å². The summed E-state index contributed by atoms with van der Waals surface area (Å²) in [7, 11) is 0. The lowest BCUT2D eigenvalue weighted by atomic mass is 10.2. The molecule has 0 aliphatic carbocycles. The largest absolute Gasteiger partial charge is 0.476 e. The van der Waals surface area contributed by atoms with Crippen molar-refractivity contribution < 1.29 is 19.4 Å². The van der Waals surface area contributed by atoms with Gasteiger partial charge in [-0.15, -0.1) is 0 Å². The van der Waals surface area contributed by atoms with E-state index in [2.05, 4.69) is 5.10 Å². The summed E-state index contributed by atoms with van der Waals surface area (Å²) in [4.78, 5) is 10.8. The van der Waals surface area contributed by atoms with Gasteiger partial charge in [-0.3, -0.25) is 0 Å². The lowest BCUT2D eigenvalue weighted by Gasteiger charge is -2.10. The van der Waals surface area contributed by atoms with E-state index in [0.29, 0.717) is 25.6 Å². The van der Waals surface area contributed by atoms with Crippen molar-refractivity contribution in [2.45, 2.75) is 19.3 Å². The Morgan fingerprint density at radius 2 is 2.25 bits per heavy atom. The van der Waals surface area contributed by atoms with Gasteiger partial charge in [0.1, 0.15) is 6.10 Å². The number of nitrogens with zero attached hydrogens (tertiary/aromatic N) is 2. The molecule has 6 nitrogen and oxygen atoms in total. The molecule has 1 aliphatic heterocycles. The fourth-order valence-corrected chi connectivity index (χ4v) is 2.10. The number of benzene rings is 1. The van der Waals surface area contributed by atoms with Crippen molar-refractivity contribution in [1.82, 2.24) is 9.78 Å². The van der Waals surface area contributed by atoms with E-state index in [4.69, 9.17) is 14.6 Å². The number of carboxylic acids is 1. The number of ether oxygens (including phenoxy) is 2. The fraction of sp³-hybridized carbons (Fsp3) is 0.286. The number of hydrogen-bond acceptors (Lipinski definition) is 4. The Hall–Kier alpha value is -2.34. The smallest absolute Gasteiger partial charge is 0.356 e. The third kappa shape index (κ3) is 2.65. The minimum atomic E-state index is -1.05. The van der Waals surface area contributed by atoms with E-state index < -0.39 is 5.97 Å². The van der Waals surface area contributed by atoms with Crippen molar-refractivity contribution in [3.8, 4) is 5.88 Å². The van der Waals surface area contributed by atoms with Crippen LogP contribution in [0.25, 0.3) is 0 Å². The predicted octanol–water partition coefficient (Wildman–Crippen LogP) is 1.56. The number of aromatic carboxylic acids is 1. The second kappa shape index (κ2) is 5.34. The van der Waals surface area contributed by atoms with Crippen LogP contribution in [0.15, 0.2) is 36.4 Å². The highest BCUT2D eigenvalue weighted by atomic mass is 16.5. The number of fused-ring (bicyclic) bond motifs is 1. The lowest BCUT2D eigenvalue weighted by Crippen LogP contribution is -2.22. The molecule has 1 atom stereocenters. The van der Waals surface area contributed by atoms with Gasteiger partial charge in [-0.2, -0.15) is 5.10 Å². The third-order valence-corrected chi connectivity index (χ3v) is 3.04. The number of hydrogen-bond donors (Lipinski definition) is 1. The van der Waals surface area contributed by atoms with Gasteiger partial charge in [0.25, 0.3) is 0 Å². The van der Waals surface area contributed by atoms with Gasteiger partial charge in [-0.05, 0) is 5.56 Å². The van der Waals surface area contributed by atoms with Crippen LogP contribution in [0.2, 0.25) is 0 Å². The van der Waals surface area contributed by atoms with Crippen LogP contribution in [0.1, 0.15) is 16.1 Å². The van der Waals surface area contributed by atoms with Crippen molar-refractivity contribution >= 4 is 5.97 Å². The second-order valence-corrected chi connectivity index (χ2v) is 4.60. The average Bonchev–Trinajstić information content (AvgIpc) is 2.98. The number of aromatic nitrogens is 2. The predicted molar refractivity (Wildman–Crippen MR) is 69.7 cm³/mol. The summed E-state index contributed by atoms with van der Waals surface area (Å²) in [5.74, 6) is -0.567. The van der Waals surface area contributed by atoms with Crippen LogP contribution in [0.5, 0.6) is 5.88 Å². The van der Waals surface area contributed by atoms with Gasteiger partial charge in [-0.25, -0.2) is 9.48 Å². The van der Waals surface area contributed by atoms with Gasteiger partial charge in [0, 0.05) is 6.07 Å². The highest BCUT2D eigenvalue weighted by Gasteiger charge is 2.26. The molecule has 1 aromatic heterocycles. The second-order valence-electron chi connectivity index (χ2n) is 4.60. The van der Waals surface area contributed by atoms with Crippen LogP contribution in [0, 0.1) is 0 Å². The topological polar surface area (TPSA) is 73.6 Å². The summed E-state index contributed by atoms with van der Waals surface area (Å²) in [6.45, 7) is 1.49. The molecule has 2 heterocycles. The maximum absolute atomic E-state index is 10.8. The molecule has 1 unspecified atom stereocenters. The molecular formula is C14H14N2O4. The van der Waals surface area contributed by atoms with Crippen LogP contribution in [0.4, 0.5) is 0 Å². The quantitative estimate of drug-likeness (QED) is 0.895. The third-order valence-electron chi connectivity index (χ3n) is 3.04. The summed E-state index contributed by atoms with van der Waals surface area (Å²) >= 11 is 0. The zero-order valence-corrected chi connectivity index (χ0v) is 10.7. The van der Waals surface area contributed by atoms with Gasteiger partial charge < -0.3 is 14.6 Å². The molecule has 2 aromatic rings. The normalized spacial score (nSPS) is 16.7. The first kappa shape index (κ1) is 12.7. The monoisotopic (exact) mass is 274 g/mol. The van der Waals surface area contributed by atoms with Crippen molar-refractivity contribution in [3.05, 3.63) is 47.7 Å².